The Hall–Kier alpha value is -2.49. The topological polar surface area (TPSA) is 109 Å². The van der Waals surface area contributed by atoms with E-state index in [1.54, 1.807) is 25.7 Å². The van der Waals surface area contributed by atoms with Crippen molar-refractivity contribution >= 4 is 17.6 Å². The Bertz CT molecular complexity index is 679. The van der Waals surface area contributed by atoms with E-state index < -0.39 is 28.1 Å². The zero-order valence-electron chi connectivity index (χ0n) is 15.0. The second-order valence-corrected chi connectivity index (χ2v) is 7.04. The van der Waals surface area contributed by atoms with E-state index in [-0.39, 0.29) is 44.5 Å². The Morgan fingerprint density at radius 1 is 1.50 bits per heavy atom. The van der Waals surface area contributed by atoms with Gasteiger partial charge in [-0.2, -0.15) is 0 Å². The van der Waals surface area contributed by atoms with Crippen molar-refractivity contribution < 1.29 is 24.0 Å². The number of anilines is 1. The van der Waals surface area contributed by atoms with Crippen LogP contribution in [0.2, 0.25) is 0 Å². The first-order chi connectivity index (χ1) is 12.1. The van der Waals surface area contributed by atoms with E-state index in [0.717, 1.165) is 12.3 Å². The molecule has 0 aliphatic carbocycles. The number of halogens is 1. The maximum Gasteiger partial charge on any atom is 0.410 e. The lowest BCUT2D eigenvalue weighted by Gasteiger charge is -2.42. The van der Waals surface area contributed by atoms with Crippen molar-refractivity contribution in [3.63, 3.8) is 0 Å². The zero-order chi connectivity index (χ0) is 19.5. The first-order valence-electron chi connectivity index (χ1n) is 8.27. The lowest BCUT2D eigenvalue weighted by Crippen LogP contribution is -2.56. The fraction of sp³-hybridized carbons (Fsp3) is 0.625. The third-order valence-corrected chi connectivity index (χ3v) is 3.89. The molecule has 2 heterocycles. The molecule has 0 aromatic carbocycles. The van der Waals surface area contributed by atoms with Crippen LogP contribution in [0.15, 0.2) is 12.3 Å². The largest absolute Gasteiger partial charge is 0.444 e. The Morgan fingerprint density at radius 2 is 2.19 bits per heavy atom. The number of carbonyl (C=O) groups is 1. The summed E-state index contributed by atoms with van der Waals surface area (Å²) in [7, 11) is 0. The monoisotopic (exact) mass is 370 g/mol. The number of hydrogen-bond donors (Lipinski definition) is 1. The summed E-state index contributed by atoms with van der Waals surface area (Å²) in [5, 5.41) is 20.0. The summed E-state index contributed by atoms with van der Waals surface area (Å²) in [6.07, 6.45) is 0.809. The summed E-state index contributed by atoms with van der Waals surface area (Å²) in [5.74, 6) is -0.842. The number of nitro groups is 1. The molecule has 1 aromatic rings. The number of carbonyl (C=O) groups excluding carboxylic acids is 1. The molecule has 1 fully saturated rings. The van der Waals surface area contributed by atoms with E-state index in [1.807, 2.05) is 0 Å². The molecule has 1 aliphatic rings. The summed E-state index contributed by atoms with van der Waals surface area (Å²) in [6, 6.07) is 0.434. The first kappa shape index (κ1) is 19.8. The van der Waals surface area contributed by atoms with Gasteiger partial charge in [0, 0.05) is 26.2 Å². The lowest BCUT2D eigenvalue weighted by molar-refractivity contribution is -0.385. The normalized spacial score (nSPS) is 18.0. The van der Waals surface area contributed by atoms with E-state index in [1.165, 1.54) is 4.90 Å². The maximum atomic E-state index is 14.3. The quantitative estimate of drug-likeness (QED) is 0.637. The van der Waals surface area contributed by atoms with Crippen LogP contribution in [0.3, 0.4) is 0 Å². The van der Waals surface area contributed by atoms with E-state index in [2.05, 4.69) is 4.98 Å². The van der Waals surface area contributed by atoms with E-state index in [4.69, 9.17) is 4.74 Å². The standard InChI is InChI=1S/C16H23FN4O5/c1-16(2,3)26-15(23)19-5-6-20(11(10-19)4-7-22)14-13(17)8-12(9-18-14)21(24)25/h8-9,11,22H,4-7,10H2,1-3H3/t11-/m1/s1. The summed E-state index contributed by atoms with van der Waals surface area (Å²) in [5.41, 5.74) is -1.07. The molecule has 1 aromatic heterocycles. The van der Waals surface area contributed by atoms with Crippen molar-refractivity contribution in [3.8, 4) is 0 Å². The number of pyridine rings is 1. The third-order valence-electron chi connectivity index (χ3n) is 3.89. The van der Waals surface area contributed by atoms with Gasteiger partial charge in [0.25, 0.3) is 5.69 Å². The van der Waals surface area contributed by atoms with Crippen molar-refractivity contribution in [3.05, 3.63) is 28.2 Å². The smallest absolute Gasteiger partial charge is 0.410 e. The summed E-state index contributed by atoms with van der Waals surface area (Å²) >= 11 is 0. The molecular formula is C16H23FN4O5. The molecule has 1 atom stereocenters. The van der Waals surface area contributed by atoms with E-state index in [9.17, 15) is 24.4 Å². The highest BCUT2D eigenvalue weighted by Crippen LogP contribution is 2.26. The van der Waals surface area contributed by atoms with Crippen molar-refractivity contribution in [1.29, 1.82) is 0 Å². The minimum absolute atomic E-state index is 0.0297. The molecule has 26 heavy (non-hydrogen) atoms. The van der Waals surface area contributed by atoms with Gasteiger partial charge in [-0.1, -0.05) is 0 Å². The molecule has 10 heteroatoms. The minimum Gasteiger partial charge on any atom is -0.444 e. The predicted molar refractivity (Wildman–Crippen MR) is 91.5 cm³/mol. The van der Waals surface area contributed by atoms with E-state index >= 15 is 0 Å². The molecule has 0 bridgehead atoms. The number of aliphatic hydroxyl groups excluding tert-OH is 1. The second-order valence-electron chi connectivity index (χ2n) is 7.04. The number of piperazine rings is 1. The first-order valence-corrected chi connectivity index (χ1v) is 8.27. The molecule has 9 nitrogen and oxygen atoms in total. The van der Waals surface area contributed by atoms with Crippen LogP contribution in [0.25, 0.3) is 0 Å². The van der Waals surface area contributed by atoms with Crippen LogP contribution >= 0.6 is 0 Å². The van der Waals surface area contributed by atoms with Gasteiger partial charge in [-0.3, -0.25) is 10.1 Å². The maximum absolute atomic E-state index is 14.3. The second kappa shape index (κ2) is 7.81. The third kappa shape index (κ3) is 4.78. The van der Waals surface area contributed by atoms with Crippen LogP contribution in [-0.2, 0) is 4.74 Å². The fourth-order valence-corrected chi connectivity index (χ4v) is 2.75. The van der Waals surface area contributed by atoms with Crippen LogP contribution in [0.5, 0.6) is 0 Å². The highest BCUT2D eigenvalue weighted by Gasteiger charge is 2.33. The van der Waals surface area contributed by atoms with Gasteiger partial charge in [-0.15, -0.1) is 0 Å². The summed E-state index contributed by atoms with van der Waals surface area (Å²) in [4.78, 5) is 29.3. The number of hydrogen-bond acceptors (Lipinski definition) is 7. The molecule has 0 saturated carbocycles. The van der Waals surface area contributed by atoms with Crippen LogP contribution < -0.4 is 4.90 Å². The van der Waals surface area contributed by atoms with Crippen LogP contribution in [0, 0.1) is 15.9 Å². The van der Waals surface area contributed by atoms with Gasteiger partial charge in [-0.05, 0) is 27.2 Å². The Balaban J connectivity index is 2.18. The fourth-order valence-electron chi connectivity index (χ4n) is 2.75. The number of rotatable bonds is 4. The van der Waals surface area contributed by atoms with Gasteiger partial charge in [0.15, 0.2) is 11.6 Å². The Kier molecular flexibility index (Phi) is 5.96. The highest BCUT2D eigenvalue weighted by molar-refractivity contribution is 5.68. The minimum atomic E-state index is -0.812. The average molecular weight is 370 g/mol. The zero-order valence-corrected chi connectivity index (χ0v) is 15.0. The van der Waals surface area contributed by atoms with Crippen LogP contribution in [0.1, 0.15) is 27.2 Å². The van der Waals surface area contributed by atoms with Crippen molar-refractivity contribution in [1.82, 2.24) is 9.88 Å². The van der Waals surface area contributed by atoms with E-state index in [0.29, 0.717) is 0 Å². The molecule has 0 unspecified atom stereocenters. The predicted octanol–water partition coefficient (Wildman–Crippen LogP) is 1.94. The summed E-state index contributed by atoms with van der Waals surface area (Å²) in [6.45, 7) is 5.93. The van der Waals surface area contributed by atoms with Crippen LogP contribution in [-0.4, -0.2) is 63.9 Å². The summed E-state index contributed by atoms with van der Waals surface area (Å²) < 4.78 is 19.7. The molecule has 1 aliphatic heterocycles. The van der Waals surface area contributed by atoms with Crippen molar-refractivity contribution in [2.75, 3.05) is 31.1 Å². The van der Waals surface area contributed by atoms with Gasteiger partial charge >= 0.3 is 6.09 Å². The Morgan fingerprint density at radius 3 is 2.73 bits per heavy atom. The molecule has 1 saturated heterocycles. The molecule has 1 N–H and O–H groups in total. The number of ether oxygens (including phenoxy) is 1. The number of aliphatic hydroxyl groups is 1. The van der Waals surface area contributed by atoms with Crippen molar-refractivity contribution in [2.24, 2.45) is 0 Å². The Labute approximate surface area is 150 Å². The molecular weight excluding hydrogens is 347 g/mol. The van der Waals surface area contributed by atoms with Crippen LogP contribution in [0.4, 0.5) is 20.7 Å². The molecule has 0 spiro atoms. The van der Waals surface area contributed by atoms with Crippen molar-refractivity contribution in [2.45, 2.75) is 38.8 Å². The van der Waals surface area contributed by atoms with Gasteiger partial charge in [0.1, 0.15) is 11.8 Å². The van der Waals surface area contributed by atoms with Gasteiger partial charge < -0.3 is 19.6 Å². The average Bonchev–Trinajstić information content (AvgIpc) is 2.53. The van der Waals surface area contributed by atoms with Gasteiger partial charge in [-0.25, -0.2) is 14.2 Å². The molecule has 2 rings (SSSR count). The highest BCUT2D eigenvalue weighted by atomic mass is 19.1. The molecule has 0 radical (unpaired) electrons. The lowest BCUT2D eigenvalue weighted by atomic mass is 10.1. The van der Waals surface area contributed by atoms with Gasteiger partial charge in [0.2, 0.25) is 0 Å². The number of amides is 1. The molecule has 1 amide bonds. The number of aromatic nitrogens is 1. The number of nitrogens with zero attached hydrogens (tertiary/aromatic N) is 4. The molecule has 144 valence electrons. The SMILES string of the molecule is CC(C)(C)OC(=O)N1CCN(c2ncc([N+](=O)[O-])cc2F)[C@H](CCO)C1. The van der Waals surface area contributed by atoms with Gasteiger partial charge in [0.05, 0.1) is 17.0 Å².